The largest absolute Gasteiger partial charge is 0.309 e. The van der Waals surface area contributed by atoms with E-state index in [1.807, 2.05) is 6.07 Å². The first kappa shape index (κ1) is 11.4. The van der Waals surface area contributed by atoms with Crippen LogP contribution in [-0.4, -0.2) is 6.04 Å². The molecule has 0 saturated heterocycles. The second-order valence-corrected chi connectivity index (χ2v) is 6.17. The van der Waals surface area contributed by atoms with Gasteiger partial charge in [-0.25, -0.2) is 0 Å². The topological polar surface area (TPSA) is 12.0 Å². The van der Waals surface area contributed by atoms with Gasteiger partial charge in [0.2, 0.25) is 0 Å². The Balaban J connectivity index is 1.75. The Labute approximate surface area is 101 Å². The highest BCUT2D eigenvalue weighted by atomic mass is 35.5. The molecule has 0 aliphatic heterocycles. The standard InChI is InChI=1S/C12H18ClNS/c1-2-9-3-4-10(7-9)14-8-11-5-6-12(13)15-11/h5-6,9-10,14H,2-4,7-8H2,1H3. The van der Waals surface area contributed by atoms with Crippen LogP contribution < -0.4 is 5.32 Å². The Morgan fingerprint density at radius 1 is 1.47 bits per heavy atom. The van der Waals surface area contributed by atoms with E-state index >= 15 is 0 Å². The molecule has 0 spiro atoms. The zero-order chi connectivity index (χ0) is 10.7. The molecule has 1 aliphatic rings. The number of rotatable bonds is 4. The average Bonchev–Trinajstić information content (AvgIpc) is 2.83. The summed E-state index contributed by atoms with van der Waals surface area (Å²) in [5.74, 6) is 0.953. The molecule has 84 valence electrons. The van der Waals surface area contributed by atoms with E-state index in [4.69, 9.17) is 11.6 Å². The molecule has 15 heavy (non-hydrogen) atoms. The summed E-state index contributed by atoms with van der Waals surface area (Å²) in [4.78, 5) is 1.35. The minimum absolute atomic E-state index is 0.732. The molecule has 3 heteroatoms. The van der Waals surface area contributed by atoms with Gasteiger partial charge in [-0.15, -0.1) is 11.3 Å². The van der Waals surface area contributed by atoms with Crippen LogP contribution in [0.2, 0.25) is 4.34 Å². The fourth-order valence-electron chi connectivity index (χ4n) is 2.32. The van der Waals surface area contributed by atoms with Gasteiger partial charge in [-0.1, -0.05) is 24.9 Å². The molecule has 0 aromatic carbocycles. The summed E-state index contributed by atoms with van der Waals surface area (Å²) in [7, 11) is 0. The van der Waals surface area contributed by atoms with E-state index in [9.17, 15) is 0 Å². The normalized spacial score (nSPS) is 26.0. The molecule has 1 N–H and O–H groups in total. The van der Waals surface area contributed by atoms with Crippen LogP contribution in [0.1, 0.15) is 37.5 Å². The summed E-state index contributed by atoms with van der Waals surface area (Å²) >= 11 is 7.57. The Kier molecular flexibility index (Phi) is 4.06. The lowest BCUT2D eigenvalue weighted by molar-refractivity contribution is 0.478. The van der Waals surface area contributed by atoms with Crippen molar-refractivity contribution in [3.05, 3.63) is 21.3 Å². The summed E-state index contributed by atoms with van der Waals surface area (Å²) in [6, 6.07) is 4.83. The molecule has 2 atom stereocenters. The van der Waals surface area contributed by atoms with Crippen molar-refractivity contribution >= 4 is 22.9 Å². The van der Waals surface area contributed by atoms with Crippen molar-refractivity contribution in [2.24, 2.45) is 5.92 Å². The number of thiophene rings is 1. The highest BCUT2D eigenvalue weighted by molar-refractivity contribution is 7.16. The van der Waals surface area contributed by atoms with E-state index in [-0.39, 0.29) is 0 Å². The van der Waals surface area contributed by atoms with Crippen molar-refractivity contribution in [1.82, 2.24) is 5.32 Å². The van der Waals surface area contributed by atoms with Crippen LogP contribution in [0.3, 0.4) is 0 Å². The highest BCUT2D eigenvalue weighted by Crippen LogP contribution is 2.28. The minimum Gasteiger partial charge on any atom is -0.309 e. The number of nitrogens with one attached hydrogen (secondary N) is 1. The third-order valence-electron chi connectivity index (χ3n) is 3.31. The molecule has 1 heterocycles. The lowest BCUT2D eigenvalue weighted by Gasteiger charge is -2.11. The van der Waals surface area contributed by atoms with Crippen LogP contribution in [0.5, 0.6) is 0 Å². The molecule has 2 unspecified atom stereocenters. The van der Waals surface area contributed by atoms with E-state index < -0.39 is 0 Å². The van der Waals surface area contributed by atoms with Gasteiger partial charge < -0.3 is 5.32 Å². The zero-order valence-electron chi connectivity index (χ0n) is 9.13. The molecule has 0 bridgehead atoms. The maximum atomic E-state index is 5.89. The smallest absolute Gasteiger partial charge is 0.0931 e. The van der Waals surface area contributed by atoms with Gasteiger partial charge in [-0.05, 0) is 37.3 Å². The maximum Gasteiger partial charge on any atom is 0.0931 e. The van der Waals surface area contributed by atoms with Crippen molar-refractivity contribution in [1.29, 1.82) is 0 Å². The predicted molar refractivity (Wildman–Crippen MR) is 67.6 cm³/mol. The minimum atomic E-state index is 0.732. The van der Waals surface area contributed by atoms with Gasteiger partial charge >= 0.3 is 0 Å². The van der Waals surface area contributed by atoms with Crippen molar-refractivity contribution < 1.29 is 0 Å². The summed E-state index contributed by atoms with van der Waals surface area (Å²) < 4.78 is 0.893. The van der Waals surface area contributed by atoms with Crippen molar-refractivity contribution in [2.75, 3.05) is 0 Å². The first-order valence-electron chi connectivity index (χ1n) is 5.75. The molecule has 2 rings (SSSR count). The highest BCUT2D eigenvalue weighted by Gasteiger charge is 2.22. The zero-order valence-corrected chi connectivity index (χ0v) is 10.7. The molecule has 1 fully saturated rings. The second-order valence-electron chi connectivity index (χ2n) is 4.37. The third kappa shape index (κ3) is 3.20. The van der Waals surface area contributed by atoms with E-state index in [0.29, 0.717) is 0 Å². The fourth-order valence-corrected chi connectivity index (χ4v) is 3.36. The van der Waals surface area contributed by atoms with Gasteiger partial charge in [0, 0.05) is 17.5 Å². The van der Waals surface area contributed by atoms with E-state index in [1.165, 1.54) is 30.6 Å². The lowest BCUT2D eigenvalue weighted by Crippen LogP contribution is -2.25. The van der Waals surface area contributed by atoms with Gasteiger partial charge in [0.1, 0.15) is 0 Å². The second kappa shape index (κ2) is 5.33. The predicted octanol–water partition coefficient (Wildman–Crippen LogP) is 4.07. The molecule has 1 saturated carbocycles. The van der Waals surface area contributed by atoms with Crippen molar-refractivity contribution in [2.45, 2.75) is 45.2 Å². The van der Waals surface area contributed by atoms with Crippen LogP contribution in [0.25, 0.3) is 0 Å². The van der Waals surface area contributed by atoms with Crippen LogP contribution >= 0.6 is 22.9 Å². The van der Waals surface area contributed by atoms with Crippen molar-refractivity contribution in [3.63, 3.8) is 0 Å². The first-order valence-corrected chi connectivity index (χ1v) is 6.95. The van der Waals surface area contributed by atoms with E-state index in [1.54, 1.807) is 11.3 Å². The number of halogens is 1. The van der Waals surface area contributed by atoms with E-state index in [0.717, 1.165) is 22.8 Å². The summed E-state index contributed by atoms with van der Waals surface area (Å²) in [5.41, 5.74) is 0. The lowest BCUT2D eigenvalue weighted by atomic mass is 10.1. The number of hydrogen-bond acceptors (Lipinski definition) is 2. The molecule has 1 aromatic rings. The SMILES string of the molecule is CCC1CCC(NCc2ccc(Cl)s2)C1. The van der Waals surface area contributed by atoms with Gasteiger partial charge in [-0.2, -0.15) is 0 Å². The first-order chi connectivity index (χ1) is 7.28. The Morgan fingerprint density at radius 3 is 2.93 bits per heavy atom. The quantitative estimate of drug-likeness (QED) is 0.841. The average molecular weight is 244 g/mol. The van der Waals surface area contributed by atoms with Crippen molar-refractivity contribution in [3.8, 4) is 0 Å². The number of hydrogen-bond donors (Lipinski definition) is 1. The fraction of sp³-hybridized carbons (Fsp3) is 0.667. The Morgan fingerprint density at radius 2 is 2.33 bits per heavy atom. The maximum absolute atomic E-state index is 5.89. The Hall–Kier alpha value is -0.0500. The summed E-state index contributed by atoms with van der Waals surface area (Å²) in [6.45, 7) is 3.28. The monoisotopic (exact) mass is 243 g/mol. The van der Waals surface area contributed by atoms with Crippen LogP contribution in [-0.2, 0) is 6.54 Å². The molecule has 1 aliphatic carbocycles. The molecule has 1 nitrogen and oxygen atoms in total. The van der Waals surface area contributed by atoms with Crippen LogP contribution in [0, 0.1) is 5.92 Å². The van der Waals surface area contributed by atoms with Gasteiger partial charge in [0.05, 0.1) is 4.34 Å². The van der Waals surface area contributed by atoms with Gasteiger partial charge in [0.15, 0.2) is 0 Å². The summed E-state index contributed by atoms with van der Waals surface area (Å²) in [5, 5.41) is 3.63. The molecule has 1 aromatic heterocycles. The molecule has 0 amide bonds. The molecular formula is C12H18ClNS. The summed E-state index contributed by atoms with van der Waals surface area (Å²) in [6.07, 6.45) is 5.44. The van der Waals surface area contributed by atoms with Gasteiger partial charge in [0.25, 0.3) is 0 Å². The third-order valence-corrected chi connectivity index (χ3v) is 4.54. The molecule has 0 radical (unpaired) electrons. The van der Waals surface area contributed by atoms with Gasteiger partial charge in [-0.3, -0.25) is 0 Å². The Bertz CT molecular complexity index is 310. The van der Waals surface area contributed by atoms with E-state index in [2.05, 4.69) is 18.3 Å². The van der Waals surface area contributed by atoms with Crippen LogP contribution in [0.4, 0.5) is 0 Å². The van der Waals surface area contributed by atoms with Crippen LogP contribution in [0.15, 0.2) is 12.1 Å². The molecular weight excluding hydrogens is 226 g/mol.